The minimum Gasteiger partial charge on any atom is -0.346 e. The van der Waals surface area contributed by atoms with E-state index in [1.165, 1.54) is 0 Å². The third-order valence-electron chi connectivity index (χ3n) is 2.00. The molecule has 0 aliphatic heterocycles. The van der Waals surface area contributed by atoms with Gasteiger partial charge in [-0.3, -0.25) is 4.79 Å². The first-order valence-corrected chi connectivity index (χ1v) is 4.83. The standard InChI is InChI=1S/C9H16N4O2.ClH/c1-5(2)8(10)9(14)11-4-7-12-6(3)13-15-7;/h5,8H,4,10H2,1-3H3,(H,11,14);1H/t8-;/m0./s1. The number of nitrogens with two attached hydrogens (primary N) is 1. The van der Waals surface area contributed by atoms with Crippen molar-refractivity contribution < 1.29 is 9.32 Å². The number of nitrogens with one attached hydrogen (secondary N) is 1. The van der Waals surface area contributed by atoms with Crippen molar-refractivity contribution in [3.8, 4) is 0 Å². The Morgan fingerprint density at radius 1 is 1.56 bits per heavy atom. The van der Waals surface area contributed by atoms with E-state index in [0.717, 1.165) is 0 Å². The van der Waals surface area contributed by atoms with Gasteiger partial charge in [-0.25, -0.2) is 0 Å². The largest absolute Gasteiger partial charge is 0.346 e. The van der Waals surface area contributed by atoms with Gasteiger partial charge in [0.2, 0.25) is 11.8 Å². The summed E-state index contributed by atoms with van der Waals surface area (Å²) >= 11 is 0. The highest BCUT2D eigenvalue weighted by Crippen LogP contribution is 1.99. The van der Waals surface area contributed by atoms with Crippen molar-refractivity contribution in [2.24, 2.45) is 11.7 Å². The zero-order chi connectivity index (χ0) is 11.4. The van der Waals surface area contributed by atoms with Gasteiger partial charge < -0.3 is 15.6 Å². The molecular weight excluding hydrogens is 232 g/mol. The van der Waals surface area contributed by atoms with Crippen molar-refractivity contribution in [3.63, 3.8) is 0 Å². The minimum absolute atomic E-state index is 0. The summed E-state index contributed by atoms with van der Waals surface area (Å²) in [6, 6.07) is -0.506. The molecule has 0 saturated carbocycles. The van der Waals surface area contributed by atoms with E-state index in [0.29, 0.717) is 11.7 Å². The maximum atomic E-state index is 11.4. The number of hydrogen-bond donors (Lipinski definition) is 2. The Balaban J connectivity index is 0.00000225. The smallest absolute Gasteiger partial charge is 0.246 e. The van der Waals surface area contributed by atoms with Gasteiger partial charge in [0.15, 0.2) is 5.82 Å². The number of hydrogen-bond acceptors (Lipinski definition) is 5. The van der Waals surface area contributed by atoms with E-state index in [2.05, 4.69) is 15.5 Å². The average Bonchev–Trinajstić information content (AvgIpc) is 2.59. The molecule has 0 unspecified atom stereocenters. The number of nitrogens with zero attached hydrogens (tertiary/aromatic N) is 2. The van der Waals surface area contributed by atoms with E-state index < -0.39 is 6.04 Å². The molecule has 0 radical (unpaired) electrons. The fourth-order valence-electron chi connectivity index (χ4n) is 0.995. The highest BCUT2D eigenvalue weighted by molar-refractivity contribution is 5.85. The monoisotopic (exact) mass is 248 g/mol. The van der Waals surface area contributed by atoms with Crippen molar-refractivity contribution in [1.82, 2.24) is 15.5 Å². The van der Waals surface area contributed by atoms with E-state index in [9.17, 15) is 4.79 Å². The number of carbonyl (C=O) groups is 1. The predicted octanol–water partition coefficient (Wildman–Crippen LogP) is 0.399. The van der Waals surface area contributed by atoms with Crippen LogP contribution in [0.15, 0.2) is 4.52 Å². The van der Waals surface area contributed by atoms with Crippen LogP contribution in [0, 0.1) is 12.8 Å². The first-order chi connectivity index (χ1) is 7.00. The molecule has 3 N–H and O–H groups in total. The number of carbonyl (C=O) groups excluding carboxylic acids is 1. The Hall–Kier alpha value is -1.14. The van der Waals surface area contributed by atoms with E-state index in [1.807, 2.05) is 13.8 Å². The molecule has 16 heavy (non-hydrogen) atoms. The molecule has 7 heteroatoms. The van der Waals surface area contributed by atoms with Gasteiger partial charge in [-0.15, -0.1) is 12.4 Å². The van der Waals surface area contributed by atoms with Gasteiger partial charge in [0.25, 0.3) is 0 Å². The third-order valence-corrected chi connectivity index (χ3v) is 2.00. The molecule has 1 aromatic heterocycles. The summed E-state index contributed by atoms with van der Waals surface area (Å²) in [6.07, 6.45) is 0. The lowest BCUT2D eigenvalue weighted by Crippen LogP contribution is -2.43. The summed E-state index contributed by atoms with van der Waals surface area (Å²) in [6.45, 7) is 5.72. The van der Waals surface area contributed by atoms with Crippen LogP contribution in [0.4, 0.5) is 0 Å². The second-order valence-corrected chi connectivity index (χ2v) is 3.72. The number of halogens is 1. The lowest BCUT2D eigenvalue weighted by Gasteiger charge is -2.14. The third kappa shape index (κ3) is 4.16. The second-order valence-electron chi connectivity index (χ2n) is 3.72. The molecule has 1 amide bonds. The Morgan fingerprint density at radius 3 is 2.62 bits per heavy atom. The van der Waals surface area contributed by atoms with E-state index in [1.54, 1.807) is 6.92 Å². The van der Waals surface area contributed by atoms with E-state index in [4.69, 9.17) is 10.3 Å². The van der Waals surface area contributed by atoms with Gasteiger partial charge in [-0.2, -0.15) is 4.98 Å². The first-order valence-electron chi connectivity index (χ1n) is 4.83. The number of amides is 1. The van der Waals surface area contributed by atoms with Crippen molar-refractivity contribution in [2.75, 3.05) is 0 Å². The van der Waals surface area contributed by atoms with E-state index >= 15 is 0 Å². The van der Waals surface area contributed by atoms with Crippen LogP contribution < -0.4 is 11.1 Å². The van der Waals surface area contributed by atoms with Crippen LogP contribution >= 0.6 is 12.4 Å². The van der Waals surface area contributed by atoms with Gasteiger partial charge in [0, 0.05) is 0 Å². The Morgan fingerprint density at radius 2 is 2.19 bits per heavy atom. The number of rotatable bonds is 4. The van der Waals surface area contributed by atoms with Crippen molar-refractivity contribution in [1.29, 1.82) is 0 Å². The molecule has 0 saturated heterocycles. The van der Waals surface area contributed by atoms with Crippen LogP contribution in [0.2, 0.25) is 0 Å². The van der Waals surface area contributed by atoms with Gasteiger partial charge >= 0.3 is 0 Å². The molecule has 0 aliphatic rings. The second kappa shape index (κ2) is 6.44. The van der Waals surface area contributed by atoms with Gasteiger partial charge in [0.1, 0.15) is 0 Å². The fourth-order valence-corrected chi connectivity index (χ4v) is 0.995. The molecule has 92 valence electrons. The summed E-state index contributed by atoms with van der Waals surface area (Å²) in [4.78, 5) is 15.4. The van der Waals surface area contributed by atoms with Crippen LogP contribution in [0.3, 0.4) is 0 Å². The lowest BCUT2D eigenvalue weighted by atomic mass is 10.1. The molecule has 1 rings (SSSR count). The molecule has 6 nitrogen and oxygen atoms in total. The van der Waals surface area contributed by atoms with Crippen LogP contribution in [-0.4, -0.2) is 22.1 Å². The Kier molecular flexibility index (Phi) is 5.98. The molecule has 0 bridgehead atoms. The molecule has 1 heterocycles. The highest BCUT2D eigenvalue weighted by atomic mass is 35.5. The van der Waals surface area contributed by atoms with Crippen LogP contribution in [0.5, 0.6) is 0 Å². The first kappa shape index (κ1) is 14.9. The zero-order valence-electron chi connectivity index (χ0n) is 9.56. The van der Waals surface area contributed by atoms with E-state index in [-0.39, 0.29) is 30.8 Å². The molecule has 0 aromatic carbocycles. The molecule has 0 fully saturated rings. The van der Waals surface area contributed by atoms with Gasteiger partial charge in [0.05, 0.1) is 12.6 Å². The number of aryl methyl sites for hydroxylation is 1. The quantitative estimate of drug-likeness (QED) is 0.804. The van der Waals surface area contributed by atoms with Crippen LogP contribution in [-0.2, 0) is 11.3 Å². The zero-order valence-corrected chi connectivity index (χ0v) is 10.4. The molecular formula is C9H17ClN4O2. The van der Waals surface area contributed by atoms with Crippen LogP contribution in [0.1, 0.15) is 25.6 Å². The summed E-state index contributed by atoms with van der Waals surface area (Å²) < 4.78 is 4.84. The molecule has 0 aliphatic carbocycles. The van der Waals surface area contributed by atoms with Crippen molar-refractivity contribution in [3.05, 3.63) is 11.7 Å². The van der Waals surface area contributed by atoms with Gasteiger partial charge in [-0.05, 0) is 12.8 Å². The molecule has 0 spiro atoms. The Bertz CT molecular complexity index is 340. The SMILES string of the molecule is Cc1noc(CNC(=O)[C@@H](N)C(C)C)n1.Cl. The number of aromatic nitrogens is 2. The highest BCUT2D eigenvalue weighted by Gasteiger charge is 2.17. The van der Waals surface area contributed by atoms with Crippen LogP contribution in [0.25, 0.3) is 0 Å². The maximum absolute atomic E-state index is 11.4. The minimum atomic E-state index is -0.506. The van der Waals surface area contributed by atoms with Gasteiger partial charge in [-0.1, -0.05) is 19.0 Å². The normalized spacial score (nSPS) is 12.1. The Labute approximate surface area is 100 Å². The maximum Gasteiger partial charge on any atom is 0.246 e. The lowest BCUT2D eigenvalue weighted by molar-refractivity contribution is -0.123. The van der Waals surface area contributed by atoms with Crippen molar-refractivity contribution in [2.45, 2.75) is 33.4 Å². The predicted molar refractivity (Wildman–Crippen MR) is 60.9 cm³/mol. The summed E-state index contributed by atoms with van der Waals surface area (Å²) in [5.74, 6) is 0.833. The molecule has 1 atom stereocenters. The topological polar surface area (TPSA) is 94.0 Å². The van der Waals surface area contributed by atoms with Crippen molar-refractivity contribution >= 4 is 18.3 Å². The average molecular weight is 249 g/mol. The molecule has 1 aromatic rings. The summed E-state index contributed by atoms with van der Waals surface area (Å²) in [5, 5.41) is 6.24. The summed E-state index contributed by atoms with van der Waals surface area (Å²) in [5.41, 5.74) is 5.65. The summed E-state index contributed by atoms with van der Waals surface area (Å²) in [7, 11) is 0. The fraction of sp³-hybridized carbons (Fsp3) is 0.667.